The first-order valence-electron chi connectivity index (χ1n) is 13.6. The van der Waals surface area contributed by atoms with E-state index >= 15 is 0 Å². The lowest BCUT2D eigenvalue weighted by molar-refractivity contribution is -0.153. The zero-order valence-corrected chi connectivity index (χ0v) is 24.4. The number of piperazine rings is 1. The summed E-state index contributed by atoms with van der Waals surface area (Å²) < 4.78 is 13.1. The predicted octanol–water partition coefficient (Wildman–Crippen LogP) is 6.40. The van der Waals surface area contributed by atoms with Gasteiger partial charge in [0.15, 0.2) is 6.23 Å². The summed E-state index contributed by atoms with van der Waals surface area (Å²) in [5, 5.41) is 2.09. The van der Waals surface area contributed by atoms with E-state index in [2.05, 4.69) is 9.80 Å². The molecule has 210 valence electrons. The van der Waals surface area contributed by atoms with Gasteiger partial charge in [-0.3, -0.25) is 19.1 Å². The highest BCUT2D eigenvalue weighted by molar-refractivity contribution is 6.43. The first kappa shape index (κ1) is 29.2. The fraction of sp³-hybridized carbons (Fsp3) is 0.467. The quantitative estimate of drug-likeness (QED) is 0.195. The van der Waals surface area contributed by atoms with Gasteiger partial charge in [0.1, 0.15) is 5.75 Å². The Morgan fingerprint density at radius 1 is 0.974 bits per heavy atom. The van der Waals surface area contributed by atoms with Gasteiger partial charge in [-0.2, -0.15) is 0 Å². The fourth-order valence-electron chi connectivity index (χ4n) is 4.90. The third-order valence-corrected chi connectivity index (χ3v) is 7.74. The molecule has 7 nitrogen and oxygen atoms in total. The van der Waals surface area contributed by atoms with Crippen molar-refractivity contribution in [3.8, 4) is 5.75 Å². The van der Waals surface area contributed by atoms with Crippen molar-refractivity contribution < 1.29 is 14.3 Å². The summed E-state index contributed by atoms with van der Waals surface area (Å²) >= 11 is 12.6. The smallest absolute Gasteiger partial charge is 0.307 e. The molecule has 0 saturated carbocycles. The Labute approximate surface area is 240 Å². The number of ether oxygens (including phenoxy) is 2. The van der Waals surface area contributed by atoms with E-state index in [1.54, 1.807) is 13.0 Å². The van der Waals surface area contributed by atoms with Crippen molar-refractivity contribution in [2.45, 2.75) is 46.3 Å². The monoisotopic (exact) mass is 573 g/mol. The van der Waals surface area contributed by atoms with E-state index in [0.29, 0.717) is 34.3 Å². The molecular formula is C30H37Cl2N3O4. The third-order valence-electron chi connectivity index (χ3n) is 6.93. The Bertz CT molecular complexity index is 1340. The summed E-state index contributed by atoms with van der Waals surface area (Å²) in [5.41, 5.74) is 1.46. The summed E-state index contributed by atoms with van der Waals surface area (Å²) in [7, 11) is 0. The number of pyridine rings is 1. The highest BCUT2D eigenvalue weighted by Gasteiger charge is 2.20. The zero-order valence-electron chi connectivity index (χ0n) is 22.9. The SMILES string of the molecule is CC(C)CC(=O)OC(C)n1c(=O)ccc2ccc(OCCCCN3CCN(c4cccc(Cl)c4Cl)CC3)cc21. The minimum absolute atomic E-state index is 0.187. The van der Waals surface area contributed by atoms with Gasteiger partial charge in [0, 0.05) is 44.7 Å². The predicted molar refractivity (Wildman–Crippen MR) is 158 cm³/mol. The summed E-state index contributed by atoms with van der Waals surface area (Å²) in [6, 6.07) is 14.7. The molecule has 2 heterocycles. The summed E-state index contributed by atoms with van der Waals surface area (Å²) in [6.07, 6.45) is 1.55. The Balaban J connectivity index is 1.26. The molecule has 1 saturated heterocycles. The number of nitrogens with zero attached hydrogens (tertiary/aromatic N) is 3. The van der Waals surface area contributed by atoms with Crippen LogP contribution in [-0.2, 0) is 9.53 Å². The molecule has 1 fully saturated rings. The maximum atomic E-state index is 12.7. The van der Waals surface area contributed by atoms with Crippen LogP contribution in [-0.4, -0.2) is 54.8 Å². The van der Waals surface area contributed by atoms with Crippen LogP contribution >= 0.6 is 23.2 Å². The number of hydrogen-bond acceptors (Lipinski definition) is 6. The van der Waals surface area contributed by atoms with Crippen LogP contribution in [0.1, 0.15) is 46.3 Å². The van der Waals surface area contributed by atoms with Crippen LogP contribution in [0.3, 0.4) is 0 Å². The molecule has 0 aliphatic carbocycles. The van der Waals surface area contributed by atoms with Gasteiger partial charge in [0.2, 0.25) is 0 Å². The van der Waals surface area contributed by atoms with Gasteiger partial charge in [0.25, 0.3) is 5.56 Å². The molecule has 1 unspecified atom stereocenters. The number of unbranched alkanes of at least 4 members (excludes halogenated alkanes) is 1. The van der Waals surface area contributed by atoms with Crippen molar-refractivity contribution in [2.24, 2.45) is 5.92 Å². The number of anilines is 1. The number of esters is 1. The highest BCUT2D eigenvalue weighted by atomic mass is 35.5. The van der Waals surface area contributed by atoms with Crippen molar-refractivity contribution in [3.63, 3.8) is 0 Å². The molecule has 39 heavy (non-hydrogen) atoms. The molecule has 1 aliphatic rings. The second kappa shape index (κ2) is 13.6. The van der Waals surface area contributed by atoms with Crippen LogP contribution in [0.2, 0.25) is 10.0 Å². The average Bonchev–Trinajstić information content (AvgIpc) is 2.89. The first-order valence-corrected chi connectivity index (χ1v) is 14.4. The van der Waals surface area contributed by atoms with Crippen LogP contribution in [0.5, 0.6) is 5.75 Å². The maximum Gasteiger partial charge on any atom is 0.307 e. The number of carbonyl (C=O) groups excluding carboxylic acids is 1. The third kappa shape index (κ3) is 7.68. The van der Waals surface area contributed by atoms with E-state index in [0.717, 1.165) is 56.6 Å². The molecule has 0 N–H and O–H groups in total. The van der Waals surface area contributed by atoms with E-state index in [9.17, 15) is 9.59 Å². The molecule has 0 amide bonds. The van der Waals surface area contributed by atoms with E-state index < -0.39 is 6.23 Å². The molecule has 9 heteroatoms. The molecular weight excluding hydrogens is 537 g/mol. The Morgan fingerprint density at radius 3 is 2.46 bits per heavy atom. The highest BCUT2D eigenvalue weighted by Crippen LogP contribution is 2.33. The van der Waals surface area contributed by atoms with Crippen LogP contribution in [0, 0.1) is 5.92 Å². The van der Waals surface area contributed by atoms with Crippen LogP contribution < -0.4 is 15.2 Å². The van der Waals surface area contributed by atoms with Crippen molar-refractivity contribution in [3.05, 3.63) is 68.9 Å². The second-order valence-electron chi connectivity index (χ2n) is 10.4. The second-order valence-corrected chi connectivity index (χ2v) is 11.2. The molecule has 0 bridgehead atoms. The van der Waals surface area contributed by atoms with Crippen molar-refractivity contribution in [1.29, 1.82) is 0 Å². The lowest BCUT2D eigenvalue weighted by Gasteiger charge is -2.36. The molecule has 3 aromatic rings. The fourth-order valence-corrected chi connectivity index (χ4v) is 5.31. The topological polar surface area (TPSA) is 64.0 Å². The largest absolute Gasteiger partial charge is 0.494 e. The van der Waals surface area contributed by atoms with Gasteiger partial charge in [-0.15, -0.1) is 0 Å². The van der Waals surface area contributed by atoms with E-state index in [4.69, 9.17) is 32.7 Å². The molecule has 2 aromatic carbocycles. The average molecular weight is 575 g/mol. The minimum Gasteiger partial charge on any atom is -0.494 e. The van der Waals surface area contributed by atoms with Gasteiger partial charge in [0.05, 0.1) is 27.9 Å². The van der Waals surface area contributed by atoms with Crippen LogP contribution in [0.25, 0.3) is 10.9 Å². The maximum absolute atomic E-state index is 12.7. The van der Waals surface area contributed by atoms with Gasteiger partial charge < -0.3 is 14.4 Å². The van der Waals surface area contributed by atoms with Gasteiger partial charge in [-0.1, -0.05) is 43.1 Å². The lowest BCUT2D eigenvalue weighted by Crippen LogP contribution is -2.46. The number of rotatable bonds is 11. The number of hydrogen-bond donors (Lipinski definition) is 0. The Hall–Kier alpha value is -2.74. The zero-order chi connectivity index (χ0) is 27.9. The summed E-state index contributed by atoms with van der Waals surface area (Å²) in [6.45, 7) is 11.0. The summed E-state index contributed by atoms with van der Waals surface area (Å²) in [5.74, 6) is 0.560. The van der Waals surface area contributed by atoms with Crippen molar-refractivity contribution in [1.82, 2.24) is 9.47 Å². The molecule has 1 aromatic heterocycles. The first-order chi connectivity index (χ1) is 18.7. The number of halogens is 2. The van der Waals surface area contributed by atoms with E-state index in [-0.39, 0.29) is 17.4 Å². The van der Waals surface area contributed by atoms with E-state index in [1.807, 2.05) is 50.2 Å². The molecule has 0 spiro atoms. The Kier molecular flexibility index (Phi) is 10.2. The standard InChI is InChI=1S/C30H37Cl2N3O4/c1-21(2)19-29(37)39-22(3)35-27-20-24(11-9-23(27)10-12-28(35)36)38-18-5-4-13-33-14-16-34(17-15-33)26-8-6-7-25(31)30(26)32/h6-12,20-22H,4-5,13-19H2,1-3H3. The number of carbonyl (C=O) groups is 1. The number of aromatic nitrogens is 1. The molecule has 1 atom stereocenters. The molecule has 0 radical (unpaired) electrons. The van der Waals surface area contributed by atoms with Crippen LogP contribution in [0.4, 0.5) is 5.69 Å². The molecule has 1 aliphatic heterocycles. The number of benzene rings is 2. The summed E-state index contributed by atoms with van der Waals surface area (Å²) in [4.78, 5) is 29.6. The molecule has 4 rings (SSSR count). The van der Waals surface area contributed by atoms with E-state index in [1.165, 1.54) is 10.6 Å². The Morgan fingerprint density at radius 2 is 1.72 bits per heavy atom. The van der Waals surface area contributed by atoms with Gasteiger partial charge in [-0.05, 0) is 67.9 Å². The number of fused-ring (bicyclic) bond motifs is 1. The van der Waals surface area contributed by atoms with Gasteiger partial charge in [-0.25, -0.2) is 0 Å². The van der Waals surface area contributed by atoms with Crippen molar-refractivity contribution >= 4 is 45.8 Å². The minimum atomic E-state index is -0.710. The van der Waals surface area contributed by atoms with Crippen molar-refractivity contribution in [2.75, 3.05) is 44.2 Å². The lowest BCUT2D eigenvalue weighted by atomic mass is 10.1. The van der Waals surface area contributed by atoms with Gasteiger partial charge >= 0.3 is 5.97 Å². The normalized spacial score (nSPS) is 15.1. The van der Waals surface area contributed by atoms with Crippen LogP contribution in [0.15, 0.2) is 53.3 Å².